The number of aryl methyl sites for hydroxylation is 1. The van der Waals surface area contributed by atoms with Crippen LogP contribution in [0.15, 0.2) is 72.9 Å². The van der Waals surface area contributed by atoms with Crippen molar-refractivity contribution in [1.82, 2.24) is 14.8 Å². The van der Waals surface area contributed by atoms with Crippen LogP contribution in [-0.2, 0) is 0 Å². The molecule has 5 rings (SSSR count). The van der Waals surface area contributed by atoms with Gasteiger partial charge in [0.1, 0.15) is 11.4 Å². The van der Waals surface area contributed by atoms with E-state index in [2.05, 4.69) is 31.2 Å². The van der Waals surface area contributed by atoms with Crippen molar-refractivity contribution in [2.24, 2.45) is 0 Å². The van der Waals surface area contributed by atoms with Gasteiger partial charge in [0.05, 0.1) is 23.3 Å². The Balaban J connectivity index is 1.86. The molecule has 2 heterocycles. The van der Waals surface area contributed by atoms with Crippen molar-refractivity contribution in [2.45, 2.75) is 13.8 Å². The van der Waals surface area contributed by atoms with Crippen molar-refractivity contribution in [3.05, 3.63) is 83.5 Å². The fourth-order valence-electron chi connectivity index (χ4n) is 3.71. The number of hydrogen-bond acceptors (Lipinski definition) is 3. The Hall–Kier alpha value is -3.37. The lowest BCUT2D eigenvalue weighted by molar-refractivity contribution is 0.341. The molecule has 0 saturated carbocycles. The van der Waals surface area contributed by atoms with Crippen LogP contribution in [0.5, 0.6) is 5.75 Å². The van der Waals surface area contributed by atoms with Crippen LogP contribution < -0.4 is 4.74 Å². The Morgan fingerprint density at radius 1 is 0.933 bits per heavy atom. The molecule has 0 atom stereocenters. The Morgan fingerprint density at radius 2 is 1.70 bits per heavy atom. The normalized spacial score (nSPS) is 11.3. The van der Waals surface area contributed by atoms with E-state index in [1.807, 2.05) is 60.3 Å². The highest BCUT2D eigenvalue weighted by Gasteiger charge is 2.17. The lowest BCUT2D eigenvalue weighted by atomic mass is 10.1. The van der Waals surface area contributed by atoms with Gasteiger partial charge < -0.3 is 4.74 Å². The molecule has 0 fully saturated rings. The average molecular weight is 414 g/mol. The van der Waals surface area contributed by atoms with Gasteiger partial charge >= 0.3 is 0 Å². The van der Waals surface area contributed by atoms with E-state index in [1.54, 1.807) is 0 Å². The minimum atomic E-state index is 0.611. The number of hydrogen-bond donors (Lipinski definition) is 0. The van der Waals surface area contributed by atoms with Crippen molar-refractivity contribution < 1.29 is 4.74 Å². The summed E-state index contributed by atoms with van der Waals surface area (Å²) >= 11 is 6.13. The van der Waals surface area contributed by atoms with Crippen LogP contribution in [0.25, 0.3) is 38.8 Å². The van der Waals surface area contributed by atoms with Crippen LogP contribution in [0.3, 0.4) is 0 Å². The van der Waals surface area contributed by atoms with Crippen molar-refractivity contribution in [3.8, 4) is 22.7 Å². The standard InChI is InChI=1S/C25H20ClN3O/c1-3-30-20-12-13-23-21(14-20)25-22(15-27-23)24(17-6-4-16(2)5-7-17)28-29(25)19-10-8-18(26)9-11-19/h4-15H,3H2,1-2H3. The van der Waals surface area contributed by atoms with Crippen molar-refractivity contribution in [2.75, 3.05) is 6.61 Å². The minimum Gasteiger partial charge on any atom is -0.494 e. The van der Waals surface area contributed by atoms with E-state index >= 15 is 0 Å². The molecule has 0 aliphatic rings. The van der Waals surface area contributed by atoms with Crippen LogP contribution >= 0.6 is 11.6 Å². The Kier molecular flexibility index (Phi) is 4.64. The highest BCUT2D eigenvalue weighted by molar-refractivity contribution is 6.30. The summed E-state index contributed by atoms with van der Waals surface area (Å²) in [5.74, 6) is 0.819. The monoisotopic (exact) mass is 413 g/mol. The quantitative estimate of drug-likeness (QED) is 0.333. The maximum atomic E-state index is 6.13. The molecule has 3 aromatic carbocycles. The lowest BCUT2D eigenvalue weighted by Gasteiger charge is -2.08. The van der Waals surface area contributed by atoms with Crippen LogP contribution in [0.4, 0.5) is 0 Å². The Labute approximate surface area is 179 Å². The zero-order valence-corrected chi connectivity index (χ0v) is 17.5. The predicted molar refractivity (Wildman–Crippen MR) is 123 cm³/mol. The van der Waals surface area contributed by atoms with E-state index in [4.69, 9.17) is 26.4 Å². The SMILES string of the molecule is CCOc1ccc2ncc3c(-c4ccc(C)cc4)nn(-c4ccc(Cl)cc4)c3c2c1. The molecule has 5 heteroatoms. The number of benzene rings is 3. The van der Waals surface area contributed by atoms with Gasteiger partial charge in [-0.25, -0.2) is 4.68 Å². The summed E-state index contributed by atoms with van der Waals surface area (Å²) in [5.41, 5.74) is 6.01. The van der Waals surface area contributed by atoms with E-state index in [-0.39, 0.29) is 0 Å². The van der Waals surface area contributed by atoms with Gasteiger partial charge in [0.15, 0.2) is 0 Å². The second-order valence-electron chi connectivity index (χ2n) is 7.24. The van der Waals surface area contributed by atoms with E-state index in [1.165, 1.54) is 5.56 Å². The maximum absolute atomic E-state index is 6.13. The number of rotatable bonds is 4. The lowest BCUT2D eigenvalue weighted by Crippen LogP contribution is -1.97. The second-order valence-corrected chi connectivity index (χ2v) is 7.67. The first-order valence-electron chi connectivity index (χ1n) is 9.91. The molecule has 2 aromatic heterocycles. The first kappa shape index (κ1) is 18.6. The zero-order chi connectivity index (χ0) is 20.7. The van der Waals surface area contributed by atoms with Gasteiger partial charge in [-0.15, -0.1) is 0 Å². The Bertz CT molecular complexity index is 1360. The Morgan fingerprint density at radius 3 is 2.43 bits per heavy atom. The summed E-state index contributed by atoms with van der Waals surface area (Å²) in [6, 6.07) is 22.1. The summed E-state index contributed by atoms with van der Waals surface area (Å²) in [6.07, 6.45) is 1.91. The van der Waals surface area contributed by atoms with Crippen LogP contribution in [-0.4, -0.2) is 21.4 Å². The van der Waals surface area contributed by atoms with Gasteiger partial charge in [-0.05, 0) is 56.3 Å². The van der Waals surface area contributed by atoms with Crippen LogP contribution in [0.2, 0.25) is 5.02 Å². The molecule has 0 saturated heterocycles. The molecular formula is C25H20ClN3O. The highest BCUT2D eigenvalue weighted by Crippen LogP contribution is 2.35. The number of aromatic nitrogens is 3. The maximum Gasteiger partial charge on any atom is 0.120 e. The zero-order valence-electron chi connectivity index (χ0n) is 16.8. The molecule has 0 aliphatic carbocycles. The molecular weight excluding hydrogens is 394 g/mol. The van der Waals surface area contributed by atoms with E-state index in [9.17, 15) is 0 Å². The smallest absolute Gasteiger partial charge is 0.120 e. The molecule has 5 aromatic rings. The number of ether oxygens (including phenoxy) is 1. The van der Waals surface area contributed by atoms with Crippen molar-refractivity contribution in [3.63, 3.8) is 0 Å². The van der Waals surface area contributed by atoms with Crippen LogP contribution in [0.1, 0.15) is 12.5 Å². The van der Waals surface area contributed by atoms with Crippen molar-refractivity contribution >= 4 is 33.4 Å². The highest BCUT2D eigenvalue weighted by atomic mass is 35.5. The largest absolute Gasteiger partial charge is 0.494 e. The molecule has 148 valence electrons. The van der Waals surface area contributed by atoms with Gasteiger partial charge in [-0.2, -0.15) is 5.10 Å². The molecule has 30 heavy (non-hydrogen) atoms. The third-order valence-electron chi connectivity index (χ3n) is 5.19. The minimum absolute atomic E-state index is 0.611. The third kappa shape index (κ3) is 3.19. The fraction of sp³-hybridized carbons (Fsp3) is 0.120. The molecule has 0 radical (unpaired) electrons. The van der Waals surface area contributed by atoms with E-state index < -0.39 is 0 Å². The number of nitrogens with zero attached hydrogens (tertiary/aromatic N) is 3. The number of fused-ring (bicyclic) bond motifs is 3. The molecule has 0 aliphatic heterocycles. The number of halogens is 1. The molecule has 0 unspecified atom stereocenters. The van der Waals surface area contributed by atoms with Crippen molar-refractivity contribution in [1.29, 1.82) is 0 Å². The van der Waals surface area contributed by atoms with Gasteiger partial charge in [0, 0.05) is 27.6 Å². The molecule has 0 amide bonds. The summed E-state index contributed by atoms with van der Waals surface area (Å²) < 4.78 is 7.73. The first-order chi connectivity index (χ1) is 14.6. The van der Waals surface area contributed by atoms with E-state index in [0.29, 0.717) is 11.6 Å². The molecule has 0 spiro atoms. The predicted octanol–water partition coefficient (Wildman–Crippen LogP) is 6.60. The second kappa shape index (κ2) is 7.47. The third-order valence-corrected chi connectivity index (χ3v) is 5.44. The topological polar surface area (TPSA) is 39.9 Å². The molecule has 4 nitrogen and oxygen atoms in total. The molecule has 0 N–H and O–H groups in total. The summed E-state index contributed by atoms with van der Waals surface area (Å²) in [6.45, 7) is 4.68. The van der Waals surface area contributed by atoms with E-state index in [0.717, 1.165) is 44.5 Å². The van der Waals surface area contributed by atoms with Gasteiger partial charge in [0.25, 0.3) is 0 Å². The van der Waals surface area contributed by atoms with Gasteiger partial charge in [-0.1, -0.05) is 41.4 Å². The average Bonchev–Trinajstić information content (AvgIpc) is 3.15. The summed E-state index contributed by atoms with van der Waals surface area (Å²) in [5, 5.41) is 7.70. The molecule has 0 bridgehead atoms. The van der Waals surface area contributed by atoms with Crippen LogP contribution in [0, 0.1) is 6.92 Å². The summed E-state index contributed by atoms with van der Waals surface area (Å²) in [4.78, 5) is 4.71. The number of pyridine rings is 1. The fourth-order valence-corrected chi connectivity index (χ4v) is 3.84. The van der Waals surface area contributed by atoms with Gasteiger partial charge in [-0.3, -0.25) is 4.98 Å². The first-order valence-corrected chi connectivity index (χ1v) is 10.3. The summed E-state index contributed by atoms with van der Waals surface area (Å²) in [7, 11) is 0. The van der Waals surface area contributed by atoms with Gasteiger partial charge in [0.2, 0.25) is 0 Å².